The molecule has 1 unspecified atom stereocenters. The number of hydrogen-bond acceptors (Lipinski definition) is 4. The highest BCUT2D eigenvalue weighted by atomic mass is 16.1. The highest BCUT2D eigenvalue weighted by Gasteiger charge is 2.23. The van der Waals surface area contributed by atoms with Crippen LogP contribution in [-0.4, -0.2) is 23.2 Å². The Balaban J connectivity index is 2.25. The first-order valence-electron chi connectivity index (χ1n) is 4.20. The summed E-state index contributed by atoms with van der Waals surface area (Å²) in [4.78, 5) is 14.9. The molecule has 0 saturated heterocycles. The molecule has 0 bridgehead atoms. The van der Waals surface area contributed by atoms with Crippen LogP contribution >= 0.6 is 0 Å². The van der Waals surface area contributed by atoms with E-state index < -0.39 is 11.9 Å². The zero-order valence-electron chi connectivity index (χ0n) is 7.42. The van der Waals surface area contributed by atoms with Gasteiger partial charge in [0, 0.05) is 12.4 Å². The summed E-state index contributed by atoms with van der Waals surface area (Å²) < 4.78 is 0. The number of amides is 1. The molecule has 5 nitrogen and oxygen atoms in total. The van der Waals surface area contributed by atoms with Crippen molar-refractivity contribution in [2.24, 2.45) is 10.7 Å². The molecule has 5 heteroatoms. The molecule has 0 aromatic carbocycles. The number of hydrogen-bond donors (Lipinski definition) is 2. The van der Waals surface area contributed by atoms with Gasteiger partial charge in [-0.3, -0.25) is 14.8 Å². The number of primary amides is 1. The second kappa shape index (κ2) is 3.47. The average molecular weight is 190 g/mol. The lowest BCUT2D eigenvalue weighted by atomic mass is 10.2. The summed E-state index contributed by atoms with van der Waals surface area (Å²) >= 11 is 0. The number of nitrogens with zero attached hydrogens (tertiary/aromatic N) is 2. The van der Waals surface area contributed by atoms with Crippen molar-refractivity contribution in [3.8, 4) is 0 Å². The molecule has 0 aromatic heterocycles. The number of nitrogens with two attached hydrogens (primary N) is 1. The van der Waals surface area contributed by atoms with Crippen molar-refractivity contribution >= 4 is 12.1 Å². The standard InChI is InChI=1S/C9H10N4O/c10-9(14)8-5-7-6-11-3-1-2-4-13(7)12-8/h1-6,8,12H,(H2,10,14)/b3-1-,4-2-,11-6?. The number of carbonyl (C=O) groups excluding carboxylic acids is 1. The topological polar surface area (TPSA) is 70.7 Å². The third kappa shape index (κ3) is 1.57. The average Bonchev–Trinajstić information content (AvgIpc) is 2.48. The van der Waals surface area contributed by atoms with E-state index in [0.717, 1.165) is 5.70 Å². The number of fused-ring (bicyclic) bond motifs is 1. The minimum absolute atomic E-state index is 0.404. The van der Waals surface area contributed by atoms with E-state index >= 15 is 0 Å². The third-order valence-electron chi connectivity index (χ3n) is 1.93. The molecule has 3 N–H and O–H groups in total. The minimum Gasteiger partial charge on any atom is -0.368 e. The van der Waals surface area contributed by atoms with Gasteiger partial charge in [0.05, 0.1) is 11.9 Å². The predicted molar refractivity (Wildman–Crippen MR) is 52.8 cm³/mol. The zero-order valence-corrected chi connectivity index (χ0v) is 7.42. The van der Waals surface area contributed by atoms with Crippen molar-refractivity contribution in [2.75, 3.05) is 0 Å². The maximum absolute atomic E-state index is 10.9. The summed E-state index contributed by atoms with van der Waals surface area (Å²) in [6, 6.07) is -0.459. The number of carbonyl (C=O) groups is 1. The molecule has 0 spiro atoms. The summed E-state index contributed by atoms with van der Waals surface area (Å²) in [5.41, 5.74) is 8.90. The summed E-state index contributed by atoms with van der Waals surface area (Å²) in [5, 5.41) is 1.71. The molecule has 0 radical (unpaired) electrons. The lowest BCUT2D eigenvalue weighted by Crippen LogP contribution is -2.41. The Morgan fingerprint density at radius 3 is 3.21 bits per heavy atom. The molecule has 2 heterocycles. The van der Waals surface area contributed by atoms with E-state index in [1.807, 2.05) is 6.08 Å². The number of rotatable bonds is 1. The summed E-state index contributed by atoms with van der Waals surface area (Å²) in [5.74, 6) is -0.404. The second-order valence-corrected chi connectivity index (χ2v) is 2.93. The van der Waals surface area contributed by atoms with Crippen LogP contribution in [0.1, 0.15) is 0 Å². The van der Waals surface area contributed by atoms with Gasteiger partial charge in [-0.15, -0.1) is 0 Å². The molecule has 2 aliphatic rings. The largest absolute Gasteiger partial charge is 0.368 e. The lowest BCUT2D eigenvalue weighted by molar-refractivity contribution is -0.119. The van der Waals surface area contributed by atoms with E-state index in [4.69, 9.17) is 5.73 Å². The van der Waals surface area contributed by atoms with Crippen LogP contribution in [0.3, 0.4) is 0 Å². The van der Waals surface area contributed by atoms with Gasteiger partial charge in [-0.2, -0.15) is 0 Å². The fraction of sp³-hybridized carbons (Fsp3) is 0.111. The van der Waals surface area contributed by atoms with Gasteiger partial charge in [-0.25, -0.2) is 5.43 Å². The van der Waals surface area contributed by atoms with Crippen molar-refractivity contribution in [3.63, 3.8) is 0 Å². The number of allylic oxidation sites excluding steroid dienone is 3. The van der Waals surface area contributed by atoms with Gasteiger partial charge in [0.1, 0.15) is 6.04 Å². The van der Waals surface area contributed by atoms with Crippen LogP contribution in [0.15, 0.2) is 41.3 Å². The zero-order chi connectivity index (χ0) is 9.97. The Bertz CT molecular complexity index is 367. The SMILES string of the molecule is NC(=O)C1C=C2C=N/C=C\C=C/N2N1. The number of nitrogens with one attached hydrogen (secondary N) is 1. The first kappa shape index (κ1) is 8.71. The molecule has 2 aliphatic heterocycles. The van der Waals surface area contributed by atoms with Crippen molar-refractivity contribution in [1.82, 2.24) is 10.4 Å². The molecule has 0 fully saturated rings. The maximum Gasteiger partial charge on any atom is 0.240 e. The van der Waals surface area contributed by atoms with E-state index in [-0.39, 0.29) is 0 Å². The molecular weight excluding hydrogens is 180 g/mol. The summed E-state index contributed by atoms with van der Waals surface area (Å²) in [7, 11) is 0. The van der Waals surface area contributed by atoms with Gasteiger partial charge in [0.25, 0.3) is 0 Å². The second-order valence-electron chi connectivity index (χ2n) is 2.93. The van der Waals surface area contributed by atoms with Crippen molar-refractivity contribution in [3.05, 3.63) is 36.3 Å². The highest BCUT2D eigenvalue weighted by molar-refractivity contribution is 5.87. The quantitative estimate of drug-likeness (QED) is 0.594. The van der Waals surface area contributed by atoms with Crippen LogP contribution in [0.5, 0.6) is 0 Å². The van der Waals surface area contributed by atoms with E-state index in [2.05, 4.69) is 10.4 Å². The first-order valence-corrected chi connectivity index (χ1v) is 4.20. The van der Waals surface area contributed by atoms with Gasteiger partial charge >= 0.3 is 0 Å². The fourth-order valence-electron chi connectivity index (χ4n) is 1.25. The van der Waals surface area contributed by atoms with Crippen LogP contribution in [0.4, 0.5) is 0 Å². The van der Waals surface area contributed by atoms with Crippen molar-refractivity contribution < 1.29 is 4.79 Å². The van der Waals surface area contributed by atoms with Gasteiger partial charge in [0.2, 0.25) is 5.91 Å². The Kier molecular flexibility index (Phi) is 2.16. The van der Waals surface area contributed by atoms with Crippen LogP contribution in [0.25, 0.3) is 0 Å². The molecular formula is C9H10N4O. The third-order valence-corrected chi connectivity index (χ3v) is 1.93. The molecule has 1 atom stereocenters. The molecule has 0 aliphatic carbocycles. The Morgan fingerprint density at radius 1 is 1.57 bits per heavy atom. The molecule has 0 saturated carbocycles. The summed E-state index contributed by atoms with van der Waals surface area (Å²) in [6.45, 7) is 0. The predicted octanol–water partition coefficient (Wildman–Crippen LogP) is -0.344. The van der Waals surface area contributed by atoms with E-state index in [9.17, 15) is 4.79 Å². The minimum atomic E-state index is -0.459. The Morgan fingerprint density at radius 2 is 2.43 bits per heavy atom. The Labute approximate surface area is 81.3 Å². The maximum atomic E-state index is 10.9. The summed E-state index contributed by atoms with van der Waals surface area (Å²) in [6.07, 6.45) is 10.5. The first-order chi connectivity index (χ1) is 6.77. The molecule has 14 heavy (non-hydrogen) atoms. The van der Waals surface area contributed by atoms with E-state index in [1.165, 1.54) is 0 Å². The van der Waals surface area contributed by atoms with Gasteiger partial charge in [-0.1, -0.05) is 0 Å². The highest BCUT2D eigenvalue weighted by Crippen LogP contribution is 2.11. The molecule has 72 valence electrons. The monoisotopic (exact) mass is 190 g/mol. The van der Waals surface area contributed by atoms with Crippen LogP contribution in [0.2, 0.25) is 0 Å². The van der Waals surface area contributed by atoms with Gasteiger partial charge < -0.3 is 5.73 Å². The van der Waals surface area contributed by atoms with E-state index in [0.29, 0.717) is 0 Å². The van der Waals surface area contributed by atoms with Crippen LogP contribution in [0, 0.1) is 0 Å². The van der Waals surface area contributed by atoms with Crippen molar-refractivity contribution in [2.45, 2.75) is 6.04 Å². The van der Waals surface area contributed by atoms with Crippen molar-refractivity contribution in [1.29, 1.82) is 0 Å². The fourth-order valence-corrected chi connectivity index (χ4v) is 1.25. The molecule has 0 aromatic rings. The molecule has 2 rings (SSSR count). The van der Waals surface area contributed by atoms with Gasteiger partial charge in [0.15, 0.2) is 0 Å². The number of aliphatic imine (C=N–C) groups is 1. The van der Waals surface area contributed by atoms with Gasteiger partial charge in [-0.05, 0) is 18.2 Å². The normalized spacial score (nSPS) is 28.7. The lowest BCUT2D eigenvalue weighted by Gasteiger charge is -2.16. The Hall–Kier alpha value is -1.88. The molecule has 1 amide bonds. The van der Waals surface area contributed by atoms with E-state index in [1.54, 1.807) is 35.8 Å². The number of hydrazine groups is 1. The van der Waals surface area contributed by atoms with Crippen LogP contribution in [-0.2, 0) is 4.79 Å². The van der Waals surface area contributed by atoms with Crippen LogP contribution < -0.4 is 11.2 Å². The smallest absolute Gasteiger partial charge is 0.240 e.